The number of amides is 4. The maximum atomic E-state index is 13.9. The molecule has 11 nitrogen and oxygen atoms in total. The average Bonchev–Trinajstić information content (AvgIpc) is 3.65. The van der Waals surface area contributed by atoms with Crippen LogP contribution in [0.1, 0.15) is 55.4 Å². The fraction of sp³-hybridized carbons (Fsp3) is 0.341. The lowest BCUT2D eigenvalue weighted by Gasteiger charge is -2.45. The molecule has 3 atom stereocenters. The highest BCUT2D eigenvalue weighted by Gasteiger charge is 2.56. The van der Waals surface area contributed by atoms with Gasteiger partial charge >= 0.3 is 18.1 Å². The number of hydrogen-bond acceptors (Lipinski definition) is 8. The van der Waals surface area contributed by atoms with Crippen LogP contribution in [-0.2, 0) is 38.6 Å². The summed E-state index contributed by atoms with van der Waals surface area (Å²) in [6.45, 7) is 6.46. The Kier molecular flexibility index (Phi) is 10.9. The van der Waals surface area contributed by atoms with E-state index in [1.54, 1.807) is 51.1 Å². The smallest absolute Gasteiger partial charge is 0.416 e. The van der Waals surface area contributed by atoms with Crippen molar-refractivity contribution in [2.45, 2.75) is 64.3 Å². The minimum atomic E-state index is -1.11. The molecular formula is C41H44N4O7. The van der Waals surface area contributed by atoms with Gasteiger partial charge in [0.2, 0.25) is 5.91 Å². The Labute approximate surface area is 304 Å². The number of anilines is 1. The van der Waals surface area contributed by atoms with Gasteiger partial charge in [0, 0.05) is 25.2 Å². The van der Waals surface area contributed by atoms with Crippen molar-refractivity contribution in [3.63, 3.8) is 0 Å². The number of hydrogen-bond donors (Lipinski definition) is 0. The van der Waals surface area contributed by atoms with Gasteiger partial charge in [-0.3, -0.25) is 9.69 Å². The molecule has 0 N–H and O–H groups in total. The van der Waals surface area contributed by atoms with E-state index in [9.17, 15) is 19.2 Å². The van der Waals surface area contributed by atoms with Crippen molar-refractivity contribution in [1.82, 2.24) is 14.8 Å². The van der Waals surface area contributed by atoms with Crippen molar-refractivity contribution in [2.75, 3.05) is 25.1 Å². The van der Waals surface area contributed by atoms with Gasteiger partial charge in [-0.15, -0.1) is 0 Å². The van der Waals surface area contributed by atoms with Gasteiger partial charge in [-0.1, -0.05) is 72.8 Å². The first-order valence-electron chi connectivity index (χ1n) is 17.5. The number of benzene rings is 3. The number of aromatic nitrogens is 1. The summed E-state index contributed by atoms with van der Waals surface area (Å²) in [5.41, 5.74) is 2.64. The maximum absolute atomic E-state index is 13.9. The van der Waals surface area contributed by atoms with Gasteiger partial charge in [0.25, 0.3) is 0 Å². The topological polar surface area (TPSA) is 119 Å². The maximum Gasteiger partial charge on any atom is 0.416 e. The molecule has 6 rings (SSSR count). The van der Waals surface area contributed by atoms with E-state index in [-0.39, 0.29) is 25.5 Å². The molecular weight excluding hydrogens is 660 g/mol. The number of carbonyl (C=O) groups excluding carboxylic acids is 4. The molecule has 11 heteroatoms. The van der Waals surface area contributed by atoms with Crippen molar-refractivity contribution in [3.8, 4) is 5.75 Å². The van der Waals surface area contributed by atoms with Crippen LogP contribution in [0.4, 0.5) is 15.4 Å². The van der Waals surface area contributed by atoms with E-state index in [0.29, 0.717) is 30.2 Å². The van der Waals surface area contributed by atoms with E-state index in [0.717, 1.165) is 28.0 Å². The van der Waals surface area contributed by atoms with Crippen molar-refractivity contribution >= 4 is 29.8 Å². The van der Waals surface area contributed by atoms with Gasteiger partial charge in [-0.25, -0.2) is 24.3 Å². The zero-order valence-corrected chi connectivity index (χ0v) is 29.9. The van der Waals surface area contributed by atoms with Crippen molar-refractivity contribution in [1.29, 1.82) is 0 Å². The van der Waals surface area contributed by atoms with Gasteiger partial charge in [-0.2, -0.15) is 0 Å². The van der Waals surface area contributed by atoms with Crippen LogP contribution in [0.3, 0.4) is 0 Å². The number of ether oxygens (including phenoxy) is 3. The molecule has 0 radical (unpaired) electrons. The first-order valence-corrected chi connectivity index (χ1v) is 17.5. The van der Waals surface area contributed by atoms with Crippen LogP contribution < -0.4 is 9.64 Å². The van der Waals surface area contributed by atoms with E-state index in [1.807, 2.05) is 84.9 Å². The standard InChI is InChI=1S/C41H44N4O7/c1-41(2,3)52-40(49)44(25-28-15-17-33(50-4)18-16-28)35-24-30(19-21-42-35)23-34-36(38(47)51-27-29-11-7-5-8-12-29)45(37(34)46)39(48)43-22-20-32(26-43)31-13-9-6-10-14-31/h5-19,21,24,32,34,36H,20,22-23,25-27H2,1-4H3/t32?,34-,36+/m1/s1. The minimum Gasteiger partial charge on any atom is -0.497 e. The van der Waals surface area contributed by atoms with E-state index in [1.165, 1.54) is 4.90 Å². The molecule has 3 heterocycles. The number of rotatable bonds is 10. The lowest BCUT2D eigenvalue weighted by Crippen LogP contribution is -2.69. The molecule has 4 aromatic rings. The van der Waals surface area contributed by atoms with Gasteiger partial charge in [0.05, 0.1) is 19.6 Å². The Morgan fingerprint density at radius 3 is 2.25 bits per heavy atom. The van der Waals surface area contributed by atoms with Crippen molar-refractivity contribution in [2.24, 2.45) is 5.92 Å². The third kappa shape index (κ3) is 8.42. The van der Waals surface area contributed by atoms with Crippen LogP contribution in [0.5, 0.6) is 5.75 Å². The third-order valence-corrected chi connectivity index (χ3v) is 9.27. The normalized spacial score (nSPS) is 18.4. The van der Waals surface area contributed by atoms with E-state index < -0.39 is 41.6 Å². The molecule has 270 valence electrons. The number of β-lactam (4-membered cyclic amide) rings is 1. The number of carbonyl (C=O) groups is 4. The number of esters is 1. The first kappa shape index (κ1) is 36.1. The number of imide groups is 1. The molecule has 0 aliphatic carbocycles. The zero-order valence-electron chi connectivity index (χ0n) is 29.9. The minimum absolute atomic E-state index is 0.00846. The fourth-order valence-corrected chi connectivity index (χ4v) is 6.59. The van der Waals surface area contributed by atoms with Crippen LogP contribution in [-0.4, -0.2) is 70.6 Å². The number of pyridine rings is 1. The first-order chi connectivity index (χ1) is 25.0. The summed E-state index contributed by atoms with van der Waals surface area (Å²) >= 11 is 0. The summed E-state index contributed by atoms with van der Waals surface area (Å²) in [5, 5.41) is 0. The second-order valence-electron chi connectivity index (χ2n) is 14.1. The van der Waals surface area contributed by atoms with Crippen LogP contribution in [0.15, 0.2) is 103 Å². The van der Waals surface area contributed by atoms with E-state index >= 15 is 0 Å². The average molecular weight is 705 g/mol. The van der Waals surface area contributed by atoms with Crippen LogP contribution >= 0.6 is 0 Å². The highest BCUT2D eigenvalue weighted by atomic mass is 16.6. The SMILES string of the molecule is COc1ccc(CN(C(=O)OC(C)(C)C)c2cc(C[C@H]3C(=O)N(C(=O)N4CCC(c5ccccc5)C4)[C@@H]3C(=O)OCc3ccccc3)ccn2)cc1. The summed E-state index contributed by atoms with van der Waals surface area (Å²) in [6, 6.07) is 28.4. The summed E-state index contributed by atoms with van der Waals surface area (Å²) in [4.78, 5) is 63.6. The number of urea groups is 1. The summed E-state index contributed by atoms with van der Waals surface area (Å²) < 4.78 is 16.7. The van der Waals surface area contributed by atoms with E-state index in [2.05, 4.69) is 4.98 Å². The lowest BCUT2D eigenvalue weighted by atomic mass is 9.82. The largest absolute Gasteiger partial charge is 0.497 e. The Morgan fingerprint density at radius 1 is 0.885 bits per heavy atom. The molecule has 0 bridgehead atoms. The molecule has 52 heavy (non-hydrogen) atoms. The highest BCUT2D eigenvalue weighted by molar-refractivity contribution is 6.08. The van der Waals surface area contributed by atoms with Gasteiger partial charge in [0.15, 0.2) is 6.04 Å². The molecule has 0 saturated carbocycles. The van der Waals surface area contributed by atoms with Crippen molar-refractivity contribution < 1.29 is 33.4 Å². The fourth-order valence-electron chi connectivity index (χ4n) is 6.59. The second kappa shape index (κ2) is 15.7. The Morgan fingerprint density at radius 2 is 1.58 bits per heavy atom. The van der Waals surface area contributed by atoms with E-state index in [4.69, 9.17) is 14.2 Å². The molecule has 4 amide bonds. The summed E-state index contributed by atoms with van der Waals surface area (Å²) in [5.74, 6) is -0.814. The highest BCUT2D eigenvalue weighted by Crippen LogP contribution is 2.36. The van der Waals surface area contributed by atoms with Crippen LogP contribution in [0.2, 0.25) is 0 Å². The summed E-state index contributed by atoms with van der Waals surface area (Å²) in [6.07, 6.45) is 1.85. The molecule has 2 saturated heterocycles. The molecule has 2 fully saturated rings. The summed E-state index contributed by atoms with van der Waals surface area (Å²) in [7, 11) is 1.58. The van der Waals surface area contributed by atoms with Gasteiger partial charge in [-0.05, 0) is 80.1 Å². The monoisotopic (exact) mass is 704 g/mol. The number of nitrogens with zero attached hydrogens (tertiary/aromatic N) is 4. The zero-order chi connectivity index (χ0) is 36.8. The molecule has 1 aromatic heterocycles. The molecule has 0 spiro atoms. The number of likely N-dealkylation sites (tertiary alicyclic amines) is 2. The number of methoxy groups -OCH3 is 1. The predicted molar refractivity (Wildman–Crippen MR) is 194 cm³/mol. The molecule has 3 aromatic carbocycles. The lowest BCUT2D eigenvalue weighted by molar-refractivity contribution is -0.171. The molecule has 2 aliphatic heterocycles. The molecule has 1 unspecified atom stereocenters. The molecule has 2 aliphatic rings. The van der Waals surface area contributed by atoms with Gasteiger partial charge in [0.1, 0.15) is 23.8 Å². The Hall–Kier alpha value is -5.71. The second-order valence-corrected chi connectivity index (χ2v) is 14.1. The van der Waals surface area contributed by atoms with Crippen molar-refractivity contribution in [3.05, 3.63) is 126 Å². The Balaban J connectivity index is 1.23. The van der Waals surface area contributed by atoms with Gasteiger partial charge < -0.3 is 19.1 Å². The third-order valence-electron chi connectivity index (χ3n) is 9.27. The predicted octanol–water partition coefficient (Wildman–Crippen LogP) is 6.75. The Bertz CT molecular complexity index is 1880. The van der Waals surface area contributed by atoms with Crippen LogP contribution in [0, 0.1) is 5.92 Å². The van der Waals surface area contributed by atoms with Crippen LogP contribution in [0.25, 0.3) is 0 Å². The quantitative estimate of drug-likeness (QED) is 0.131.